The zero-order valence-electron chi connectivity index (χ0n) is 13.8. The van der Waals surface area contributed by atoms with E-state index in [0.29, 0.717) is 13.1 Å². The van der Waals surface area contributed by atoms with Crippen LogP contribution in [-0.4, -0.2) is 49.0 Å². The highest BCUT2D eigenvalue weighted by Crippen LogP contribution is 2.13. The normalized spacial score (nSPS) is 21.0. The highest BCUT2D eigenvalue weighted by Gasteiger charge is 2.23. The second-order valence-electron chi connectivity index (χ2n) is 6.13. The number of ether oxygens (including phenoxy) is 1. The van der Waals surface area contributed by atoms with Crippen LogP contribution in [0.15, 0.2) is 24.3 Å². The number of amides is 2. The third kappa shape index (κ3) is 6.08. The molecule has 0 saturated carbocycles. The Morgan fingerprint density at radius 1 is 1.39 bits per heavy atom. The number of β-amino-alcohol motifs (C(OH)–C–C–N with tert-alkyl or cyclic N) is 1. The van der Waals surface area contributed by atoms with Crippen LogP contribution in [0.2, 0.25) is 0 Å². The second kappa shape index (κ2) is 8.74. The molecule has 0 aromatic heterocycles. The van der Waals surface area contributed by atoms with E-state index in [1.54, 1.807) is 0 Å². The molecule has 2 amide bonds. The second-order valence-corrected chi connectivity index (χ2v) is 6.13. The molecule has 1 saturated heterocycles. The molecule has 1 aromatic rings. The zero-order valence-corrected chi connectivity index (χ0v) is 13.8. The number of carbonyl (C=O) groups is 1. The number of urea groups is 1. The minimum atomic E-state index is -0.525. The predicted molar refractivity (Wildman–Crippen MR) is 89.7 cm³/mol. The van der Waals surface area contributed by atoms with E-state index >= 15 is 0 Å². The molecule has 1 heterocycles. The van der Waals surface area contributed by atoms with E-state index in [0.717, 1.165) is 30.7 Å². The summed E-state index contributed by atoms with van der Waals surface area (Å²) in [4.78, 5) is 11.8. The molecule has 1 fully saturated rings. The van der Waals surface area contributed by atoms with Crippen molar-refractivity contribution in [1.29, 1.82) is 0 Å². The summed E-state index contributed by atoms with van der Waals surface area (Å²) in [6.07, 6.45) is 1.13. The lowest BCUT2D eigenvalue weighted by atomic mass is 10.0. The Morgan fingerprint density at radius 2 is 2.13 bits per heavy atom. The van der Waals surface area contributed by atoms with Crippen molar-refractivity contribution in [3.63, 3.8) is 0 Å². The maximum absolute atomic E-state index is 11.8. The Bertz CT molecular complexity index is 490. The molecule has 2 atom stereocenters. The van der Waals surface area contributed by atoms with Gasteiger partial charge in [0.15, 0.2) is 0 Å². The Kier molecular flexibility index (Phi) is 6.67. The molecular weight excluding hydrogens is 294 g/mol. The van der Waals surface area contributed by atoms with E-state index in [2.05, 4.69) is 16.0 Å². The van der Waals surface area contributed by atoms with Gasteiger partial charge in [-0.15, -0.1) is 0 Å². The van der Waals surface area contributed by atoms with Crippen molar-refractivity contribution in [2.24, 2.45) is 0 Å². The minimum absolute atomic E-state index is 0.163. The van der Waals surface area contributed by atoms with E-state index in [4.69, 9.17) is 4.74 Å². The topological polar surface area (TPSA) is 82.6 Å². The third-order valence-electron chi connectivity index (χ3n) is 3.76. The molecule has 1 aliphatic rings. The van der Waals surface area contributed by atoms with Gasteiger partial charge >= 0.3 is 6.03 Å². The van der Waals surface area contributed by atoms with Crippen molar-refractivity contribution in [1.82, 2.24) is 16.0 Å². The molecule has 6 heteroatoms. The number of aliphatic hydroxyl groups is 1. The standard InChI is InChI=1S/C17H27N3O3/c1-12(2)23-14-5-3-13(4-6-14)7-10-19-17(22)20-15-8-9-18-11-16(15)21/h3-6,12,15-16,18,21H,7-11H2,1-2H3,(H2,19,20,22). The summed E-state index contributed by atoms with van der Waals surface area (Å²) in [5.74, 6) is 0.856. The van der Waals surface area contributed by atoms with E-state index in [1.165, 1.54) is 0 Å². The lowest BCUT2D eigenvalue weighted by Gasteiger charge is -2.29. The summed E-state index contributed by atoms with van der Waals surface area (Å²) < 4.78 is 5.60. The fourth-order valence-corrected chi connectivity index (χ4v) is 2.56. The number of hydrogen-bond acceptors (Lipinski definition) is 4. The molecule has 4 N–H and O–H groups in total. The van der Waals surface area contributed by atoms with Gasteiger partial charge in [-0.25, -0.2) is 4.79 Å². The monoisotopic (exact) mass is 321 g/mol. The Balaban J connectivity index is 1.68. The molecule has 0 aliphatic carbocycles. The third-order valence-corrected chi connectivity index (χ3v) is 3.76. The maximum Gasteiger partial charge on any atom is 0.315 e. The van der Waals surface area contributed by atoms with Crippen LogP contribution in [0, 0.1) is 0 Å². The summed E-state index contributed by atoms with van der Waals surface area (Å²) in [6.45, 7) is 5.88. The van der Waals surface area contributed by atoms with Crippen LogP contribution in [0.25, 0.3) is 0 Å². The first-order chi connectivity index (χ1) is 11.0. The Hall–Kier alpha value is -1.79. The summed E-state index contributed by atoms with van der Waals surface area (Å²) in [6, 6.07) is 7.50. The van der Waals surface area contributed by atoms with Crippen molar-refractivity contribution >= 4 is 6.03 Å². The fourth-order valence-electron chi connectivity index (χ4n) is 2.56. The molecule has 2 rings (SSSR count). The molecular formula is C17H27N3O3. The van der Waals surface area contributed by atoms with Gasteiger partial charge in [0, 0.05) is 13.1 Å². The van der Waals surface area contributed by atoms with Crippen LogP contribution in [0.4, 0.5) is 4.79 Å². The number of rotatable bonds is 6. The van der Waals surface area contributed by atoms with Crippen LogP contribution >= 0.6 is 0 Å². The lowest BCUT2D eigenvalue weighted by Crippen LogP contribution is -2.54. The molecule has 0 radical (unpaired) electrons. The van der Waals surface area contributed by atoms with Gasteiger partial charge in [0.05, 0.1) is 18.2 Å². The molecule has 0 bridgehead atoms. The van der Waals surface area contributed by atoms with E-state index in [1.807, 2.05) is 38.1 Å². The highest BCUT2D eigenvalue weighted by atomic mass is 16.5. The van der Waals surface area contributed by atoms with Crippen LogP contribution in [0.1, 0.15) is 25.8 Å². The molecule has 1 aromatic carbocycles. The SMILES string of the molecule is CC(C)Oc1ccc(CCNC(=O)NC2CCNCC2O)cc1. The predicted octanol–water partition coefficient (Wildman–Crippen LogP) is 1.04. The smallest absolute Gasteiger partial charge is 0.315 e. The number of aliphatic hydroxyl groups excluding tert-OH is 1. The van der Waals surface area contributed by atoms with Gasteiger partial charge < -0.3 is 25.8 Å². The first kappa shape index (κ1) is 17.6. The van der Waals surface area contributed by atoms with E-state index in [-0.39, 0.29) is 18.2 Å². The number of nitrogens with one attached hydrogen (secondary N) is 3. The molecule has 0 spiro atoms. The summed E-state index contributed by atoms with van der Waals surface area (Å²) >= 11 is 0. The number of hydrogen-bond donors (Lipinski definition) is 4. The van der Waals surface area contributed by atoms with Crippen molar-refractivity contribution < 1.29 is 14.6 Å². The van der Waals surface area contributed by atoms with Gasteiger partial charge in [0.1, 0.15) is 5.75 Å². The number of carbonyl (C=O) groups excluding carboxylic acids is 1. The lowest BCUT2D eigenvalue weighted by molar-refractivity contribution is 0.106. The van der Waals surface area contributed by atoms with Crippen molar-refractivity contribution in [2.45, 2.75) is 44.9 Å². The van der Waals surface area contributed by atoms with Gasteiger partial charge in [-0.1, -0.05) is 12.1 Å². The fraction of sp³-hybridized carbons (Fsp3) is 0.588. The van der Waals surface area contributed by atoms with Crippen LogP contribution < -0.4 is 20.7 Å². The summed E-state index contributed by atoms with van der Waals surface area (Å²) in [5, 5.41) is 18.5. The molecule has 6 nitrogen and oxygen atoms in total. The van der Waals surface area contributed by atoms with Gasteiger partial charge in [0.2, 0.25) is 0 Å². The van der Waals surface area contributed by atoms with Gasteiger partial charge in [0.25, 0.3) is 0 Å². The van der Waals surface area contributed by atoms with Crippen molar-refractivity contribution in [2.75, 3.05) is 19.6 Å². The molecule has 2 unspecified atom stereocenters. The highest BCUT2D eigenvalue weighted by molar-refractivity contribution is 5.74. The quantitative estimate of drug-likeness (QED) is 0.631. The first-order valence-corrected chi connectivity index (χ1v) is 8.23. The van der Waals surface area contributed by atoms with Crippen LogP contribution in [0.5, 0.6) is 5.75 Å². The number of piperidine rings is 1. The van der Waals surface area contributed by atoms with Gasteiger partial charge in [-0.2, -0.15) is 0 Å². The average Bonchev–Trinajstić information content (AvgIpc) is 2.51. The average molecular weight is 321 g/mol. The zero-order chi connectivity index (χ0) is 16.7. The molecule has 1 aliphatic heterocycles. The van der Waals surface area contributed by atoms with E-state index in [9.17, 15) is 9.90 Å². The molecule has 23 heavy (non-hydrogen) atoms. The first-order valence-electron chi connectivity index (χ1n) is 8.23. The minimum Gasteiger partial charge on any atom is -0.491 e. The van der Waals surface area contributed by atoms with Crippen LogP contribution in [0.3, 0.4) is 0 Å². The van der Waals surface area contributed by atoms with Gasteiger partial charge in [-0.05, 0) is 50.9 Å². The van der Waals surface area contributed by atoms with Crippen molar-refractivity contribution in [3.05, 3.63) is 29.8 Å². The summed E-state index contributed by atoms with van der Waals surface area (Å²) in [5.41, 5.74) is 1.14. The Morgan fingerprint density at radius 3 is 2.78 bits per heavy atom. The Labute approximate surface area is 137 Å². The maximum atomic E-state index is 11.8. The molecule has 128 valence electrons. The number of benzene rings is 1. The van der Waals surface area contributed by atoms with E-state index < -0.39 is 6.10 Å². The van der Waals surface area contributed by atoms with Gasteiger partial charge in [-0.3, -0.25) is 0 Å². The largest absolute Gasteiger partial charge is 0.491 e. The van der Waals surface area contributed by atoms with Crippen molar-refractivity contribution in [3.8, 4) is 5.75 Å². The van der Waals surface area contributed by atoms with Crippen LogP contribution in [-0.2, 0) is 6.42 Å². The summed E-state index contributed by atoms with van der Waals surface area (Å²) in [7, 11) is 0.